The van der Waals surface area contributed by atoms with Crippen molar-refractivity contribution in [1.29, 1.82) is 0 Å². The molecule has 0 atom stereocenters. The van der Waals surface area contributed by atoms with Crippen molar-refractivity contribution in [3.8, 4) is 11.5 Å². The Morgan fingerprint density at radius 2 is 1.61 bits per heavy atom. The maximum Gasteiger partial charge on any atom is 0.257 e. The molecule has 0 spiro atoms. The molecular weight excluding hydrogens is 392 g/mol. The van der Waals surface area contributed by atoms with Crippen LogP contribution in [-0.2, 0) is 13.0 Å². The van der Waals surface area contributed by atoms with E-state index < -0.39 is 0 Å². The molecule has 0 aliphatic rings. The van der Waals surface area contributed by atoms with Crippen molar-refractivity contribution >= 4 is 11.6 Å². The number of ether oxygens (including phenoxy) is 2. The second-order valence-corrected chi connectivity index (χ2v) is 7.36. The van der Waals surface area contributed by atoms with Gasteiger partial charge in [-0.2, -0.15) is 0 Å². The van der Waals surface area contributed by atoms with Crippen molar-refractivity contribution in [3.05, 3.63) is 87.8 Å². The van der Waals surface area contributed by atoms with Crippen LogP contribution in [0.1, 0.15) is 41.3 Å². The van der Waals surface area contributed by atoms with Crippen LogP contribution in [-0.4, -0.2) is 24.7 Å². The molecule has 0 aliphatic carbocycles. The number of benzene rings is 2. The van der Waals surface area contributed by atoms with Crippen molar-refractivity contribution in [2.75, 3.05) is 19.5 Å². The van der Waals surface area contributed by atoms with E-state index in [2.05, 4.69) is 12.2 Å². The lowest BCUT2D eigenvalue weighted by Crippen LogP contribution is -2.22. The van der Waals surface area contributed by atoms with Crippen molar-refractivity contribution in [3.63, 3.8) is 0 Å². The Balaban J connectivity index is 1.76. The molecule has 1 heterocycles. The van der Waals surface area contributed by atoms with Gasteiger partial charge in [0, 0.05) is 24.0 Å². The Labute approximate surface area is 182 Å². The van der Waals surface area contributed by atoms with Crippen molar-refractivity contribution in [2.45, 2.75) is 32.7 Å². The van der Waals surface area contributed by atoms with Gasteiger partial charge in [0.1, 0.15) is 11.5 Å². The Hall–Kier alpha value is -3.54. The molecule has 0 saturated carbocycles. The number of anilines is 1. The summed E-state index contributed by atoms with van der Waals surface area (Å²) in [4.78, 5) is 25.1. The molecule has 0 fully saturated rings. The summed E-state index contributed by atoms with van der Waals surface area (Å²) in [5, 5.41) is 2.89. The second kappa shape index (κ2) is 10.5. The number of aromatic nitrogens is 1. The lowest BCUT2D eigenvalue weighted by atomic mass is 10.1. The van der Waals surface area contributed by atoms with Crippen LogP contribution < -0.4 is 20.3 Å². The number of amides is 1. The Bertz CT molecular complexity index is 1070. The quantitative estimate of drug-likeness (QED) is 0.553. The molecule has 31 heavy (non-hydrogen) atoms. The highest BCUT2D eigenvalue weighted by atomic mass is 16.5. The molecule has 1 N–H and O–H groups in total. The first-order chi connectivity index (χ1) is 15.0. The second-order valence-electron chi connectivity index (χ2n) is 7.36. The minimum Gasteiger partial charge on any atom is -0.497 e. The number of rotatable bonds is 9. The average Bonchev–Trinajstić information content (AvgIpc) is 2.79. The summed E-state index contributed by atoms with van der Waals surface area (Å²) in [6.07, 6.45) is 4.90. The third-order valence-electron chi connectivity index (χ3n) is 5.04. The number of hydrogen-bond acceptors (Lipinski definition) is 4. The molecule has 1 aromatic heterocycles. The van der Waals surface area contributed by atoms with E-state index in [4.69, 9.17) is 9.47 Å². The highest BCUT2D eigenvalue weighted by Gasteiger charge is 2.10. The normalized spacial score (nSPS) is 10.5. The van der Waals surface area contributed by atoms with Crippen LogP contribution >= 0.6 is 0 Å². The van der Waals surface area contributed by atoms with E-state index in [1.165, 1.54) is 22.3 Å². The minimum atomic E-state index is -0.265. The van der Waals surface area contributed by atoms with Crippen LogP contribution in [0.4, 0.5) is 5.69 Å². The zero-order valence-corrected chi connectivity index (χ0v) is 18.2. The lowest BCUT2D eigenvalue weighted by Gasteiger charge is -2.12. The molecule has 0 aliphatic heterocycles. The van der Waals surface area contributed by atoms with E-state index >= 15 is 0 Å². The zero-order valence-electron chi connectivity index (χ0n) is 18.2. The maximum absolute atomic E-state index is 12.7. The van der Waals surface area contributed by atoms with Gasteiger partial charge in [0.15, 0.2) is 0 Å². The zero-order chi connectivity index (χ0) is 22.2. The van der Waals surface area contributed by atoms with Gasteiger partial charge in [0.05, 0.1) is 26.3 Å². The monoisotopic (exact) mass is 420 g/mol. The molecule has 6 nitrogen and oxygen atoms in total. The van der Waals surface area contributed by atoms with Gasteiger partial charge >= 0.3 is 0 Å². The summed E-state index contributed by atoms with van der Waals surface area (Å²) in [6, 6.07) is 16.2. The number of nitrogens with zero attached hydrogens (tertiary/aromatic N) is 1. The highest BCUT2D eigenvalue weighted by molar-refractivity contribution is 6.04. The number of nitrogens with one attached hydrogen (secondary N) is 1. The van der Waals surface area contributed by atoms with Gasteiger partial charge in [0.2, 0.25) is 0 Å². The summed E-state index contributed by atoms with van der Waals surface area (Å²) in [7, 11) is 3.15. The highest BCUT2D eigenvalue weighted by Crippen LogP contribution is 2.23. The molecule has 0 saturated heterocycles. The van der Waals surface area contributed by atoms with E-state index in [0.717, 1.165) is 30.5 Å². The van der Waals surface area contributed by atoms with E-state index in [-0.39, 0.29) is 11.5 Å². The molecular formula is C25H28N2O4. The molecule has 6 heteroatoms. The summed E-state index contributed by atoms with van der Waals surface area (Å²) >= 11 is 0. The predicted molar refractivity (Wildman–Crippen MR) is 122 cm³/mol. The van der Waals surface area contributed by atoms with Gasteiger partial charge in [-0.1, -0.05) is 25.5 Å². The first kappa shape index (κ1) is 22.2. The molecule has 3 rings (SSSR count). The molecule has 3 aromatic rings. The number of hydrogen-bond donors (Lipinski definition) is 1. The molecule has 0 unspecified atom stereocenters. The largest absolute Gasteiger partial charge is 0.497 e. The maximum atomic E-state index is 12.7. The number of methoxy groups -OCH3 is 2. The SMILES string of the molecule is CCCCc1ccc(NC(=O)c2ccc(=O)n(Cc3cc(OC)cc(OC)c3)c2)cc1. The predicted octanol–water partition coefficient (Wildman–Crippen LogP) is 4.51. The van der Waals surface area contributed by atoms with Gasteiger partial charge in [-0.05, 0) is 54.3 Å². The van der Waals surface area contributed by atoms with Gasteiger partial charge in [-0.3, -0.25) is 9.59 Å². The van der Waals surface area contributed by atoms with Crippen LogP contribution in [0.3, 0.4) is 0 Å². The first-order valence-corrected chi connectivity index (χ1v) is 10.3. The van der Waals surface area contributed by atoms with E-state index in [0.29, 0.717) is 23.6 Å². The van der Waals surface area contributed by atoms with Crippen LogP contribution in [0.5, 0.6) is 11.5 Å². The van der Waals surface area contributed by atoms with E-state index in [1.54, 1.807) is 26.5 Å². The number of carbonyl (C=O) groups excluding carboxylic acids is 1. The number of aryl methyl sites for hydroxylation is 1. The summed E-state index contributed by atoms with van der Waals surface area (Å²) in [5.41, 5.74) is 3.02. The Morgan fingerprint density at radius 1 is 0.935 bits per heavy atom. The van der Waals surface area contributed by atoms with Crippen molar-refractivity contribution in [2.24, 2.45) is 0 Å². The van der Waals surface area contributed by atoms with Gasteiger partial charge in [0.25, 0.3) is 11.5 Å². The smallest absolute Gasteiger partial charge is 0.257 e. The lowest BCUT2D eigenvalue weighted by molar-refractivity contribution is 0.102. The fourth-order valence-corrected chi connectivity index (χ4v) is 3.28. The summed E-state index contributed by atoms with van der Waals surface area (Å²) in [5.74, 6) is 1.01. The molecule has 1 amide bonds. The Morgan fingerprint density at radius 3 is 2.23 bits per heavy atom. The third kappa shape index (κ3) is 5.98. The fourth-order valence-electron chi connectivity index (χ4n) is 3.28. The third-order valence-corrected chi connectivity index (χ3v) is 5.04. The number of unbranched alkanes of at least 4 members (excludes halogenated alkanes) is 1. The average molecular weight is 421 g/mol. The van der Waals surface area contributed by atoms with Crippen LogP contribution in [0.25, 0.3) is 0 Å². The fraction of sp³-hybridized carbons (Fsp3) is 0.280. The van der Waals surface area contributed by atoms with Gasteiger partial charge < -0.3 is 19.4 Å². The van der Waals surface area contributed by atoms with Gasteiger partial charge in [-0.25, -0.2) is 0 Å². The van der Waals surface area contributed by atoms with Crippen LogP contribution in [0.15, 0.2) is 65.6 Å². The standard InChI is InChI=1S/C25H28N2O4/c1-4-5-6-18-7-10-21(11-8-18)26-25(29)20-9-12-24(28)27(17-20)16-19-13-22(30-2)15-23(14-19)31-3/h7-15,17H,4-6,16H2,1-3H3,(H,26,29). The van der Waals surface area contributed by atoms with Crippen molar-refractivity contribution < 1.29 is 14.3 Å². The molecule has 0 radical (unpaired) electrons. The molecule has 0 bridgehead atoms. The van der Waals surface area contributed by atoms with E-state index in [9.17, 15) is 9.59 Å². The van der Waals surface area contributed by atoms with Gasteiger partial charge in [-0.15, -0.1) is 0 Å². The summed E-state index contributed by atoms with van der Waals surface area (Å²) in [6.45, 7) is 2.46. The first-order valence-electron chi connectivity index (χ1n) is 10.3. The minimum absolute atomic E-state index is 0.196. The Kier molecular flexibility index (Phi) is 7.49. The molecule has 2 aromatic carbocycles. The topological polar surface area (TPSA) is 69.6 Å². The van der Waals surface area contributed by atoms with E-state index in [1.807, 2.05) is 36.4 Å². The molecule has 162 valence electrons. The van der Waals surface area contributed by atoms with Crippen LogP contribution in [0, 0.1) is 0 Å². The van der Waals surface area contributed by atoms with Crippen molar-refractivity contribution in [1.82, 2.24) is 4.57 Å². The number of pyridine rings is 1. The van der Waals surface area contributed by atoms with Crippen LogP contribution in [0.2, 0.25) is 0 Å². The summed E-state index contributed by atoms with van der Waals surface area (Å²) < 4.78 is 12.1. The number of carbonyl (C=O) groups is 1.